The predicted octanol–water partition coefficient (Wildman–Crippen LogP) is 23.2. The highest BCUT2D eigenvalue weighted by Gasteiger charge is 2.04. The molecule has 0 saturated heterocycles. The van der Waals surface area contributed by atoms with Crippen molar-refractivity contribution in [1.82, 2.24) is 0 Å². The minimum Gasteiger partial charge on any atom is -0.0654 e. The SMILES string of the molecule is CCCCCCCCCCc1ccc2c#cc#cc3cc(CCCCCCCCCC)cc4c#cc#cc5ccc(CCCCCCCCCC)cc5c#cc#cc5cc(CCCCCCCCCC)cc(c#cc#cc2c1)c5c#cc#cc34. The van der Waals surface area contributed by atoms with E-state index in [0.29, 0.717) is 0 Å². The largest absolute Gasteiger partial charge is 0.0654 e. The third-order valence-electron chi connectivity index (χ3n) is 16.1. The highest BCUT2D eigenvalue weighted by atomic mass is 14.1. The van der Waals surface area contributed by atoms with E-state index < -0.39 is 0 Å². The Hall–Kier alpha value is -7.52. The van der Waals surface area contributed by atoms with Gasteiger partial charge in [-0.15, -0.1) is 0 Å². The highest BCUT2D eigenvalue weighted by molar-refractivity contribution is 5.96. The quantitative estimate of drug-likeness (QED) is 0.0344. The van der Waals surface area contributed by atoms with Crippen molar-refractivity contribution < 1.29 is 0 Å². The fourth-order valence-electron chi connectivity index (χ4n) is 11.1. The van der Waals surface area contributed by atoms with Crippen molar-refractivity contribution in [2.45, 2.75) is 259 Å². The molecule has 0 heterocycles. The lowest BCUT2D eigenvalue weighted by Crippen LogP contribution is -1.87. The van der Waals surface area contributed by atoms with Crippen molar-refractivity contribution in [1.29, 1.82) is 0 Å². The molecule has 2 bridgehead atoms. The molecule has 6 rings (SSSR count). The van der Waals surface area contributed by atoms with Crippen molar-refractivity contribution in [2.24, 2.45) is 0 Å². The third kappa shape index (κ3) is 25.5. The van der Waals surface area contributed by atoms with Crippen LogP contribution < -0.4 is 0 Å². The Kier molecular flexibility index (Phi) is 32.4. The van der Waals surface area contributed by atoms with Crippen LogP contribution in [0, 0.1) is 121 Å². The fraction of sp³-hybridized carbons (Fsp3) is 0.476. The van der Waals surface area contributed by atoms with Gasteiger partial charge in [-0.1, -0.05) is 280 Å². The van der Waals surface area contributed by atoms with Gasteiger partial charge >= 0.3 is 0 Å². The van der Waals surface area contributed by atoms with Gasteiger partial charge in [0.2, 0.25) is 0 Å². The van der Waals surface area contributed by atoms with Gasteiger partial charge in [-0.3, -0.25) is 0 Å². The first-order valence-corrected chi connectivity index (χ1v) is 33.3. The van der Waals surface area contributed by atoms with Crippen LogP contribution in [0.4, 0.5) is 0 Å². The van der Waals surface area contributed by atoms with Crippen LogP contribution in [0.3, 0.4) is 0 Å². The van der Waals surface area contributed by atoms with Crippen molar-refractivity contribution in [3.63, 3.8) is 0 Å². The Bertz CT molecular complexity index is 2920. The van der Waals surface area contributed by atoms with Crippen LogP contribution in [0.2, 0.25) is 0 Å². The monoisotopic (exact) mass is 1100 g/mol. The summed E-state index contributed by atoms with van der Waals surface area (Å²) >= 11 is 0. The van der Waals surface area contributed by atoms with Crippen molar-refractivity contribution >= 4 is 53.9 Å². The molecule has 0 radical (unpaired) electrons. The Morgan fingerprint density at radius 2 is 0.393 bits per heavy atom. The average molecular weight is 1100 g/mol. The van der Waals surface area contributed by atoms with E-state index >= 15 is 0 Å². The van der Waals surface area contributed by atoms with E-state index in [2.05, 4.69) is 210 Å². The number of benzene rings is 4. The molecule has 0 nitrogen and oxygen atoms in total. The molecule has 0 aromatic heterocycles. The summed E-state index contributed by atoms with van der Waals surface area (Å²) in [6, 6.07) is 88.7. The number of hydrogen-bond donors (Lipinski definition) is 0. The van der Waals surface area contributed by atoms with Gasteiger partial charge in [0, 0.05) is 43.1 Å². The Labute approximate surface area is 514 Å². The summed E-state index contributed by atoms with van der Waals surface area (Å²) in [7, 11) is 0. The molecule has 0 aliphatic rings. The standard InChI is InChI=1S/C84H94/c1-5-9-13-17-21-25-29-33-47-71-61-63-75-51-37-41-55-79-67-73(49-35-31-27-23-19-15-11-7-3)68-80-56-42-38-52-76-64-62-72(48-34-30-26-22-18-14-10-6-2)66-78(76)54-40-44-58-82-70-74(50-36-32-28-24-20-16-12-8-4)69-81(57-43-39-53-77(75)65-71)84(82)60-46-45-59-83(79)80/h61-70H,5-36,47-50H2,1-4H3. The van der Waals surface area contributed by atoms with Crippen LogP contribution in [0.15, 0.2) is 60.7 Å². The van der Waals surface area contributed by atoms with Crippen LogP contribution in [-0.4, -0.2) is 0 Å². The number of unbranched alkanes of at least 4 members (excludes halogenated alkanes) is 28. The van der Waals surface area contributed by atoms with E-state index in [4.69, 9.17) is 0 Å². The van der Waals surface area contributed by atoms with Gasteiger partial charge in [-0.2, -0.15) is 0 Å². The van der Waals surface area contributed by atoms with Gasteiger partial charge in [-0.05, 0) is 183 Å². The minimum absolute atomic E-state index is 0.726. The minimum atomic E-state index is 0.726. The number of rotatable bonds is 36. The van der Waals surface area contributed by atoms with Crippen molar-refractivity contribution in [2.75, 3.05) is 0 Å². The third-order valence-corrected chi connectivity index (χ3v) is 16.1. The maximum absolute atomic E-state index is 3.48. The molecule has 0 fully saturated rings. The lowest BCUT2D eigenvalue weighted by molar-refractivity contribution is 0.575. The molecule has 0 aliphatic heterocycles. The van der Waals surface area contributed by atoms with Gasteiger partial charge in [0.15, 0.2) is 0 Å². The van der Waals surface area contributed by atoms with E-state index in [0.717, 1.165) is 105 Å². The fourth-order valence-corrected chi connectivity index (χ4v) is 11.1. The second kappa shape index (κ2) is 41.5. The molecular weight excluding hydrogens is 1010 g/mol. The van der Waals surface area contributed by atoms with Gasteiger partial charge in [0.25, 0.3) is 0 Å². The highest BCUT2D eigenvalue weighted by Crippen LogP contribution is 2.23. The number of aryl methyl sites for hydroxylation is 4. The number of hydrogen-bond acceptors (Lipinski definition) is 0. The molecular formula is C84H94. The summed E-state index contributed by atoms with van der Waals surface area (Å²) in [6.07, 6.45) is 44.6. The second-order valence-electron chi connectivity index (χ2n) is 23.3. The summed E-state index contributed by atoms with van der Waals surface area (Å²) in [5.41, 5.74) is 4.91. The van der Waals surface area contributed by atoms with E-state index in [9.17, 15) is 0 Å². The normalized spacial score (nSPS) is 10.2. The van der Waals surface area contributed by atoms with Crippen LogP contribution in [0.1, 0.15) is 255 Å². The summed E-state index contributed by atoms with van der Waals surface area (Å²) in [5.74, 6) is 0. The van der Waals surface area contributed by atoms with Crippen LogP contribution in [0.25, 0.3) is 53.9 Å². The molecule has 0 spiro atoms. The molecule has 84 heavy (non-hydrogen) atoms. The molecule has 0 N–H and O–H groups in total. The Morgan fingerprint density at radius 1 is 0.190 bits per heavy atom. The first-order valence-electron chi connectivity index (χ1n) is 33.3. The summed E-state index contributed by atoms with van der Waals surface area (Å²) in [5, 5.41) is 8.04. The summed E-state index contributed by atoms with van der Waals surface area (Å²) < 4.78 is 0. The van der Waals surface area contributed by atoms with Gasteiger partial charge in [-0.25, -0.2) is 0 Å². The Morgan fingerprint density at radius 3 is 0.667 bits per heavy atom. The predicted molar refractivity (Wildman–Crippen MR) is 355 cm³/mol. The van der Waals surface area contributed by atoms with Crippen LogP contribution in [-0.2, 0) is 25.7 Å². The first kappa shape index (κ1) is 65.6. The summed E-state index contributed by atoms with van der Waals surface area (Å²) in [4.78, 5) is 0. The summed E-state index contributed by atoms with van der Waals surface area (Å²) in [6.45, 7) is 9.12. The molecule has 6 aromatic rings. The smallest absolute Gasteiger partial charge is 0.0569 e. The zero-order valence-electron chi connectivity index (χ0n) is 52.2. The zero-order valence-corrected chi connectivity index (χ0v) is 52.2. The van der Waals surface area contributed by atoms with Crippen molar-refractivity contribution in [3.8, 4) is 0 Å². The molecule has 0 unspecified atom stereocenters. The van der Waals surface area contributed by atoms with E-state index in [1.807, 2.05) is 0 Å². The molecule has 0 aliphatic carbocycles. The zero-order chi connectivity index (χ0) is 58.8. The Balaban J connectivity index is 1.52. The average Bonchev–Trinajstić information content (AvgIpc) is 3.67. The lowest BCUT2D eigenvalue weighted by Gasteiger charge is -2.04. The van der Waals surface area contributed by atoms with E-state index in [1.54, 1.807) is 0 Å². The topological polar surface area (TPSA) is 0 Å². The lowest BCUT2D eigenvalue weighted by atomic mass is 10.0. The number of fused-ring (bicyclic) bond motifs is 3. The second-order valence-corrected chi connectivity index (χ2v) is 23.3. The molecule has 0 atom stereocenters. The molecule has 6 aromatic carbocycles. The van der Waals surface area contributed by atoms with E-state index in [1.165, 1.54) is 202 Å². The molecule has 430 valence electrons. The maximum Gasteiger partial charge on any atom is 0.0569 e. The molecule has 0 saturated carbocycles. The van der Waals surface area contributed by atoms with Crippen LogP contribution in [0.5, 0.6) is 0 Å². The van der Waals surface area contributed by atoms with Gasteiger partial charge < -0.3 is 0 Å². The first-order chi connectivity index (χ1) is 41.6. The molecule has 0 amide bonds. The maximum atomic E-state index is 3.48. The van der Waals surface area contributed by atoms with Gasteiger partial charge in [0.05, 0.1) is 10.8 Å². The van der Waals surface area contributed by atoms with Crippen molar-refractivity contribution in [3.05, 3.63) is 204 Å². The van der Waals surface area contributed by atoms with Crippen LogP contribution >= 0.6 is 0 Å². The molecule has 0 heteroatoms. The van der Waals surface area contributed by atoms with Gasteiger partial charge in [0.1, 0.15) is 0 Å². The van der Waals surface area contributed by atoms with E-state index in [-0.39, 0.29) is 0 Å².